The van der Waals surface area contributed by atoms with E-state index in [1.165, 1.54) is 6.07 Å². The van der Waals surface area contributed by atoms with Crippen molar-refractivity contribution in [1.82, 2.24) is 4.98 Å². The normalized spacial score (nSPS) is 10.5. The van der Waals surface area contributed by atoms with E-state index in [0.29, 0.717) is 12.2 Å². The van der Waals surface area contributed by atoms with Crippen LogP contribution in [0.4, 0.5) is 4.39 Å². The molecule has 0 aliphatic carbocycles. The molecule has 0 saturated carbocycles. The third-order valence-electron chi connectivity index (χ3n) is 2.62. The summed E-state index contributed by atoms with van der Waals surface area (Å²) in [5.41, 5.74) is 1.10. The van der Waals surface area contributed by atoms with Gasteiger partial charge in [0.2, 0.25) is 5.88 Å². The number of rotatable bonds is 5. The summed E-state index contributed by atoms with van der Waals surface area (Å²) in [5, 5.41) is 18.2. The zero-order valence-electron chi connectivity index (χ0n) is 10.2. The zero-order chi connectivity index (χ0) is 13.7. The number of aliphatic hydroxyl groups is 2. The molecule has 2 rings (SSSR count). The molecule has 0 spiro atoms. The summed E-state index contributed by atoms with van der Waals surface area (Å²) in [5.74, 6) is 0.166. The lowest BCUT2D eigenvalue weighted by molar-refractivity contribution is 0.273. The molecule has 0 radical (unpaired) electrons. The molecule has 1 aromatic carbocycles. The molecule has 0 aliphatic rings. The van der Waals surface area contributed by atoms with Crippen LogP contribution in [0, 0.1) is 5.82 Å². The van der Waals surface area contributed by atoms with Gasteiger partial charge < -0.3 is 14.9 Å². The average Bonchev–Trinajstić information content (AvgIpc) is 2.43. The molecule has 0 atom stereocenters. The van der Waals surface area contributed by atoms with Crippen LogP contribution in [0.15, 0.2) is 36.5 Å². The van der Waals surface area contributed by atoms with Gasteiger partial charge in [-0.1, -0.05) is 18.2 Å². The van der Waals surface area contributed by atoms with Crippen LogP contribution in [-0.4, -0.2) is 21.8 Å². The molecule has 0 aliphatic heterocycles. The molecule has 100 valence electrons. The predicted octanol–water partition coefficient (Wildman–Crippen LogP) is 2.04. The van der Waals surface area contributed by atoms with E-state index in [1.807, 2.05) is 12.1 Å². The Morgan fingerprint density at radius 3 is 2.68 bits per heavy atom. The minimum Gasteiger partial charge on any atom is -0.438 e. The van der Waals surface area contributed by atoms with E-state index in [4.69, 9.17) is 14.9 Å². The standard InChI is InChI=1S/C14H14FNO3/c15-12-7-11(9-18)14(16-8-12)19-13-4-2-1-3-10(13)5-6-17/h1-4,7-8,17-18H,5-6,9H2. The van der Waals surface area contributed by atoms with Crippen LogP contribution < -0.4 is 4.74 Å². The Labute approximate surface area is 110 Å². The predicted molar refractivity (Wildman–Crippen MR) is 67.4 cm³/mol. The molecular formula is C14H14FNO3. The lowest BCUT2D eigenvalue weighted by atomic mass is 10.1. The molecule has 2 aromatic rings. The van der Waals surface area contributed by atoms with E-state index >= 15 is 0 Å². The highest BCUT2D eigenvalue weighted by atomic mass is 19.1. The SMILES string of the molecule is OCCc1ccccc1Oc1ncc(F)cc1CO. The fraction of sp³-hybridized carbons (Fsp3) is 0.214. The van der Waals surface area contributed by atoms with Gasteiger partial charge in [-0.2, -0.15) is 0 Å². The number of hydrogen-bond donors (Lipinski definition) is 2. The van der Waals surface area contributed by atoms with Gasteiger partial charge in [0.1, 0.15) is 11.6 Å². The molecule has 2 N–H and O–H groups in total. The van der Waals surface area contributed by atoms with Crippen LogP contribution in [0.1, 0.15) is 11.1 Å². The smallest absolute Gasteiger partial charge is 0.224 e. The van der Waals surface area contributed by atoms with Gasteiger partial charge in [0.05, 0.1) is 12.8 Å². The number of hydrogen-bond acceptors (Lipinski definition) is 4. The monoisotopic (exact) mass is 263 g/mol. The molecule has 19 heavy (non-hydrogen) atoms. The second-order valence-electron chi connectivity index (χ2n) is 3.96. The first kappa shape index (κ1) is 13.5. The fourth-order valence-electron chi connectivity index (χ4n) is 1.71. The van der Waals surface area contributed by atoms with Crippen LogP contribution in [0.5, 0.6) is 11.6 Å². The van der Waals surface area contributed by atoms with Crippen LogP contribution in [-0.2, 0) is 13.0 Å². The van der Waals surface area contributed by atoms with Crippen LogP contribution >= 0.6 is 0 Å². The van der Waals surface area contributed by atoms with Crippen molar-refractivity contribution in [2.75, 3.05) is 6.61 Å². The van der Waals surface area contributed by atoms with E-state index in [2.05, 4.69) is 4.98 Å². The van der Waals surface area contributed by atoms with Crippen LogP contribution in [0.25, 0.3) is 0 Å². The number of nitrogens with zero attached hydrogens (tertiary/aromatic N) is 1. The summed E-state index contributed by atoms with van der Waals surface area (Å²) in [6.07, 6.45) is 1.48. The lowest BCUT2D eigenvalue weighted by Crippen LogP contribution is -1.99. The fourth-order valence-corrected chi connectivity index (χ4v) is 1.71. The highest BCUT2D eigenvalue weighted by Gasteiger charge is 2.10. The van der Waals surface area contributed by atoms with Crippen molar-refractivity contribution in [3.63, 3.8) is 0 Å². The Hall–Kier alpha value is -1.98. The zero-order valence-corrected chi connectivity index (χ0v) is 10.2. The number of aromatic nitrogens is 1. The molecule has 0 amide bonds. The molecule has 4 nitrogen and oxygen atoms in total. The van der Waals surface area contributed by atoms with E-state index < -0.39 is 5.82 Å². The van der Waals surface area contributed by atoms with Crippen molar-refractivity contribution >= 4 is 0 Å². The molecule has 0 unspecified atom stereocenters. The maximum Gasteiger partial charge on any atom is 0.224 e. The number of benzene rings is 1. The highest BCUT2D eigenvalue weighted by molar-refractivity contribution is 5.38. The van der Waals surface area contributed by atoms with Gasteiger partial charge in [-0.3, -0.25) is 0 Å². The van der Waals surface area contributed by atoms with E-state index in [-0.39, 0.29) is 24.7 Å². The Morgan fingerprint density at radius 1 is 1.16 bits per heavy atom. The average molecular weight is 263 g/mol. The van der Waals surface area contributed by atoms with Gasteiger partial charge in [-0.15, -0.1) is 0 Å². The lowest BCUT2D eigenvalue weighted by Gasteiger charge is -2.11. The van der Waals surface area contributed by atoms with Gasteiger partial charge >= 0.3 is 0 Å². The van der Waals surface area contributed by atoms with Gasteiger partial charge in [0, 0.05) is 12.2 Å². The summed E-state index contributed by atoms with van der Waals surface area (Å²) in [6.45, 7) is -0.355. The topological polar surface area (TPSA) is 62.6 Å². The van der Waals surface area contributed by atoms with E-state index in [0.717, 1.165) is 11.8 Å². The first-order valence-corrected chi connectivity index (χ1v) is 5.86. The third kappa shape index (κ3) is 3.27. The summed E-state index contributed by atoms with van der Waals surface area (Å²) >= 11 is 0. The Bertz CT molecular complexity index is 560. The Morgan fingerprint density at radius 2 is 1.95 bits per heavy atom. The summed E-state index contributed by atoms with van der Waals surface area (Å²) in [6, 6.07) is 8.36. The number of halogens is 1. The molecule has 0 fully saturated rings. The number of aliphatic hydroxyl groups excluding tert-OH is 2. The quantitative estimate of drug-likeness (QED) is 0.866. The first-order chi connectivity index (χ1) is 9.24. The molecule has 0 bridgehead atoms. The second kappa shape index (κ2) is 6.26. The van der Waals surface area contributed by atoms with Crippen molar-refractivity contribution < 1.29 is 19.3 Å². The molecule has 1 heterocycles. The van der Waals surface area contributed by atoms with Crippen molar-refractivity contribution in [2.24, 2.45) is 0 Å². The molecule has 0 saturated heterocycles. The van der Waals surface area contributed by atoms with Crippen molar-refractivity contribution in [3.05, 3.63) is 53.5 Å². The van der Waals surface area contributed by atoms with Gasteiger partial charge in [0.25, 0.3) is 0 Å². The van der Waals surface area contributed by atoms with Gasteiger partial charge in [-0.25, -0.2) is 9.37 Å². The van der Waals surface area contributed by atoms with Gasteiger partial charge in [0.15, 0.2) is 0 Å². The minimum absolute atomic E-state index is 0.00404. The Kier molecular flexibility index (Phi) is 4.43. The van der Waals surface area contributed by atoms with Crippen molar-refractivity contribution in [1.29, 1.82) is 0 Å². The summed E-state index contributed by atoms with van der Waals surface area (Å²) in [7, 11) is 0. The van der Waals surface area contributed by atoms with Crippen LogP contribution in [0.3, 0.4) is 0 Å². The largest absolute Gasteiger partial charge is 0.438 e. The maximum absolute atomic E-state index is 13.0. The first-order valence-electron chi connectivity index (χ1n) is 5.86. The molecule has 1 aromatic heterocycles. The third-order valence-corrected chi connectivity index (χ3v) is 2.62. The molecular weight excluding hydrogens is 249 g/mol. The summed E-state index contributed by atoms with van der Waals surface area (Å²) in [4.78, 5) is 3.83. The molecule has 5 heteroatoms. The number of para-hydroxylation sites is 1. The maximum atomic E-state index is 13.0. The number of ether oxygens (including phenoxy) is 1. The van der Waals surface area contributed by atoms with Gasteiger partial charge in [-0.05, 0) is 24.1 Å². The minimum atomic E-state index is -0.528. The number of pyridine rings is 1. The van der Waals surface area contributed by atoms with Crippen molar-refractivity contribution in [3.8, 4) is 11.6 Å². The van der Waals surface area contributed by atoms with Crippen LogP contribution in [0.2, 0.25) is 0 Å². The highest BCUT2D eigenvalue weighted by Crippen LogP contribution is 2.27. The Balaban J connectivity index is 2.30. The van der Waals surface area contributed by atoms with E-state index in [1.54, 1.807) is 12.1 Å². The summed E-state index contributed by atoms with van der Waals surface area (Å²) < 4.78 is 18.6. The second-order valence-corrected chi connectivity index (χ2v) is 3.96. The van der Waals surface area contributed by atoms with Crippen molar-refractivity contribution in [2.45, 2.75) is 13.0 Å². The van der Waals surface area contributed by atoms with E-state index in [9.17, 15) is 4.39 Å².